The van der Waals surface area contributed by atoms with Crippen LogP contribution in [0.4, 0.5) is 0 Å². The minimum Gasteiger partial charge on any atom is -0.298 e. The van der Waals surface area contributed by atoms with Crippen molar-refractivity contribution in [1.29, 1.82) is 0 Å². The molecule has 0 N–H and O–H groups in total. The quantitative estimate of drug-likeness (QED) is 0.727. The van der Waals surface area contributed by atoms with E-state index in [0.29, 0.717) is 5.54 Å². The van der Waals surface area contributed by atoms with Gasteiger partial charge in [0.05, 0.1) is 0 Å². The van der Waals surface area contributed by atoms with Gasteiger partial charge in [0, 0.05) is 30.7 Å². The van der Waals surface area contributed by atoms with Crippen LogP contribution in [0.3, 0.4) is 0 Å². The highest BCUT2D eigenvalue weighted by molar-refractivity contribution is 5.00. The van der Waals surface area contributed by atoms with Gasteiger partial charge in [0.15, 0.2) is 0 Å². The molecule has 2 heterocycles. The SMILES string of the molecule is CCC1CN2CCCC2CN1C1(C)CCCC1. The Labute approximate surface area is 106 Å². The maximum atomic E-state index is 2.91. The number of hydrogen-bond acceptors (Lipinski definition) is 2. The number of nitrogens with zero attached hydrogens (tertiary/aromatic N) is 2. The molecule has 2 heteroatoms. The topological polar surface area (TPSA) is 6.48 Å². The van der Waals surface area contributed by atoms with Crippen LogP contribution in [0.25, 0.3) is 0 Å². The van der Waals surface area contributed by atoms with Crippen molar-refractivity contribution in [3.05, 3.63) is 0 Å². The molecular weight excluding hydrogens is 208 g/mol. The third kappa shape index (κ3) is 2.04. The first-order valence-electron chi connectivity index (χ1n) is 7.74. The normalized spacial score (nSPS) is 38.5. The van der Waals surface area contributed by atoms with Gasteiger partial charge < -0.3 is 0 Å². The van der Waals surface area contributed by atoms with Crippen LogP contribution in [-0.4, -0.2) is 47.1 Å². The zero-order valence-electron chi connectivity index (χ0n) is 11.6. The van der Waals surface area contributed by atoms with Gasteiger partial charge in [0.1, 0.15) is 0 Å². The summed E-state index contributed by atoms with van der Waals surface area (Å²) in [6.07, 6.45) is 10.0. The lowest BCUT2D eigenvalue weighted by atomic mass is 9.91. The van der Waals surface area contributed by atoms with E-state index in [9.17, 15) is 0 Å². The van der Waals surface area contributed by atoms with Crippen LogP contribution in [-0.2, 0) is 0 Å². The average Bonchev–Trinajstić information content (AvgIpc) is 2.95. The van der Waals surface area contributed by atoms with Crippen molar-refractivity contribution in [3.8, 4) is 0 Å². The molecule has 2 nitrogen and oxygen atoms in total. The molecule has 2 atom stereocenters. The Balaban J connectivity index is 1.77. The Morgan fingerprint density at radius 2 is 1.88 bits per heavy atom. The predicted octanol–water partition coefficient (Wildman–Crippen LogP) is 2.88. The fraction of sp³-hybridized carbons (Fsp3) is 1.00. The molecule has 2 saturated heterocycles. The summed E-state index contributed by atoms with van der Waals surface area (Å²) >= 11 is 0. The molecule has 98 valence electrons. The summed E-state index contributed by atoms with van der Waals surface area (Å²) in [7, 11) is 0. The molecule has 3 rings (SSSR count). The molecule has 0 aromatic heterocycles. The van der Waals surface area contributed by atoms with Gasteiger partial charge in [-0.2, -0.15) is 0 Å². The summed E-state index contributed by atoms with van der Waals surface area (Å²) in [5.74, 6) is 0. The van der Waals surface area contributed by atoms with E-state index >= 15 is 0 Å². The molecule has 17 heavy (non-hydrogen) atoms. The van der Waals surface area contributed by atoms with Gasteiger partial charge in [0.25, 0.3) is 0 Å². The van der Waals surface area contributed by atoms with E-state index in [0.717, 1.165) is 12.1 Å². The van der Waals surface area contributed by atoms with Crippen LogP contribution in [0.1, 0.15) is 58.8 Å². The summed E-state index contributed by atoms with van der Waals surface area (Å²) in [5, 5.41) is 0. The highest BCUT2D eigenvalue weighted by Crippen LogP contribution is 2.39. The molecule has 3 fully saturated rings. The smallest absolute Gasteiger partial charge is 0.0226 e. The fourth-order valence-corrected chi connectivity index (χ4v) is 4.52. The van der Waals surface area contributed by atoms with Crippen molar-refractivity contribution in [3.63, 3.8) is 0 Å². The molecule has 0 spiro atoms. The van der Waals surface area contributed by atoms with Gasteiger partial charge in [-0.25, -0.2) is 0 Å². The molecule has 0 aromatic rings. The van der Waals surface area contributed by atoms with Crippen LogP contribution < -0.4 is 0 Å². The lowest BCUT2D eigenvalue weighted by molar-refractivity contribution is -0.0219. The second kappa shape index (κ2) is 4.55. The highest BCUT2D eigenvalue weighted by atomic mass is 15.3. The second-order valence-corrected chi connectivity index (χ2v) is 6.71. The van der Waals surface area contributed by atoms with Gasteiger partial charge in [-0.15, -0.1) is 0 Å². The van der Waals surface area contributed by atoms with Crippen LogP contribution in [0, 0.1) is 0 Å². The van der Waals surface area contributed by atoms with Gasteiger partial charge in [-0.3, -0.25) is 9.80 Å². The third-order valence-electron chi connectivity index (χ3n) is 5.64. The predicted molar refractivity (Wildman–Crippen MR) is 72.3 cm³/mol. The summed E-state index contributed by atoms with van der Waals surface area (Å²) in [4.78, 5) is 5.68. The second-order valence-electron chi connectivity index (χ2n) is 6.71. The zero-order valence-corrected chi connectivity index (χ0v) is 11.6. The molecule has 1 aliphatic carbocycles. The van der Waals surface area contributed by atoms with Gasteiger partial charge in [0.2, 0.25) is 0 Å². The van der Waals surface area contributed by atoms with Crippen molar-refractivity contribution >= 4 is 0 Å². The largest absolute Gasteiger partial charge is 0.298 e. The van der Waals surface area contributed by atoms with Crippen molar-refractivity contribution in [1.82, 2.24) is 9.80 Å². The van der Waals surface area contributed by atoms with Crippen LogP contribution in [0.5, 0.6) is 0 Å². The van der Waals surface area contributed by atoms with Crippen LogP contribution in [0.2, 0.25) is 0 Å². The maximum absolute atomic E-state index is 2.91. The molecule has 2 unspecified atom stereocenters. The summed E-state index contributed by atoms with van der Waals surface area (Å²) < 4.78 is 0. The van der Waals surface area contributed by atoms with E-state index in [1.165, 1.54) is 64.6 Å². The van der Waals surface area contributed by atoms with E-state index in [1.54, 1.807) is 0 Å². The number of fused-ring (bicyclic) bond motifs is 1. The Kier molecular flexibility index (Phi) is 3.20. The van der Waals surface area contributed by atoms with E-state index < -0.39 is 0 Å². The average molecular weight is 236 g/mol. The Morgan fingerprint density at radius 1 is 1.12 bits per heavy atom. The summed E-state index contributed by atoms with van der Waals surface area (Å²) in [6.45, 7) is 8.98. The minimum atomic E-state index is 0.537. The first kappa shape index (κ1) is 12.0. The molecular formula is C15H28N2. The van der Waals surface area contributed by atoms with Crippen molar-refractivity contribution in [2.24, 2.45) is 0 Å². The summed E-state index contributed by atoms with van der Waals surface area (Å²) in [6, 6.07) is 1.71. The lowest BCUT2D eigenvalue weighted by Crippen LogP contribution is -2.62. The number of hydrogen-bond donors (Lipinski definition) is 0. The molecule has 0 radical (unpaired) electrons. The van der Waals surface area contributed by atoms with E-state index in [4.69, 9.17) is 0 Å². The molecule has 1 saturated carbocycles. The van der Waals surface area contributed by atoms with Crippen LogP contribution in [0.15, 0.2) is 0 Å². The molecule has 0 aromatic carbocycles. The Morgan fingerprint density at radius 3 is 2.59 bits per heavy atom. The van der Waals surface area contributed by atoms with Crippen molar-refractivity contribution in [2.75, 3.05) is 19.6 Å². The minimum absolute atomic E-state index is 0.537. The van der Waals surface area contributed by atoms with Gasteiger partial charge >= 0.3 is 0 Å². The standard InChI is InChI=1S/C15H28N2/c1-3-13-11-16-10-6-7-14(16)12-17(13)15(2)8-4-5-9-15/h13-14H,3-12H2,1-2H3. The first-order chi connectivity index (χ1) is 8.23. The molecule has 0 bridgehead atoms. The molecule has 3 aliphatic rings. The van der Waals surface area contributed by atoms with E-state index in [1.807, 2.05) is 0 Å². The van der Waals surface area contributed by atoms with Gasteiger partial charge in [-0.1, -0.05) is 19.8 Å². The van der Waals surface area contributed by atoms with E-state index in [-0.39, 0.29) is 0 Å². The Bertz CT molecular complexity index is 270. The maximum Gasteiger partial charge on any atom is 0.0226 e. The van der Waals surface area contributed by atoms with E-state index in [2.05, 4.69) is 23.6 Å². The number of piperazine rings is 1. The number of rotatable bonds is 2. The van der Waals surface area contributed by atoms with Gasteiger partial charge in [-0.05, 0) is 45.6 Å². The summed E-state index contributed by atoms with van der Waals surface area (Å²) in [5.41, 5.74) is 0.537. The highest BCUT2D eigenvalue weighted by Gasteiger charge is 2.44. The molecule has 2 aliphatic heterocycles. The fourth-order valence-electron chi connectivity index (χ4n) is 4.52. The monoisotopic (exact) mass is 236 g/mol. The van der Waals surface area contributed by atoms with Crippen LogP contribution >= 0.6 is 0 Å². The zero-order chi connectivity index (χ0) is 11.9. The lowest BCUT2D eigenvalue weighted by Gasteiger charge is -2.51. The first-order valence-corrected chi connectivity index (χ1v) is 7.74. The third-order valence-corrected chi connectivity index (χ3v) is 5.64. The Hall–Kier alpha value is -0.0800. The van der Waals surface area contributed by atoms with Crippen molar-refractivity contribution < 1.29 is 0 Å². The van der Waals surface area contributed by atoms with Crippen molar-refractivity contribution in [2.45, 2.75) is 76.4 Å². The molecule has 0 amide bonds.